The number of fused-ring (bicyclic) bond motifs is 4. The molecule has 9 nitrogen and oxygen atoms in total. The molecule has 2 aromatic rings. The number of para-hydroxylation sites is 1. The predicted octanol–water partition coefficient (Wildman–Crippen LogP) is 2.15. The highest BCUT2D eigenvalue weighted by atomic mass is 16.5. The fourth-order valence-electron chi connectivity index (χ4n) is 5.64. The number of likely N-dealkylation sites (N-methyl/N-ethyl adjacent to an activating group) is 1. The Morgan fingerprint density at radius 3 is 2.74 bits per heavy atom. The van der Waals surface area contributed by atoms with Crippen LogP contribution in [0.3, 0.4) is 0 Å². The van der Waals surface area contributed by atoms with Crippen LogP contribution in [-0.4, -0.2) is 48.7 Å². The van der Waals surface area contributed by atoms with Gasteiger partial charge in [0.1, 0.15) is 11.2 Å². The van der Waals surface area contributed by atoms with Crippen molar-refractivity contribution in [2.75, 3.05) is 25.2 Å². The minimum atomic E-state index is -1.76. The van der Waals surface area contributed by atoms with E-state index in [0.29, 0.717) is 36.6 Å². The standard InChI is InChI=1S/C25H27N3O6/c1-4-27-17-10-6-5-9-16(17)25(24(27)31)19-18(34-21(26)20(25)23(30)32-3)12-14(2)28(22(19)29)13-15-8-7-11-33-15/h5-6,9-10,12,15,20,26H,4,7-8,11,13H2,1-3H3. The topological polar surface area (TPSA) is 111 Å². The third kappa shape index (κ3) is 2.89. The molecule has 3 atom stereocenters. The maximum atomic E-state index is 14.2. The summed E-state index contributed by atoms with van der Waals surface area (Å²) in [6.07, 6.45) is 1.66. The van der Waals surface area contributed by atoms with Crippen LogP contribution in [0, 0.1) is 18.3 Å². The molecule has 9 heteroatoms. The van der Waals surface area contributed by atoms with Crippen molar-refractivity contribution in [2.45, 2.75) is 44.8 Å². The number of pyridine rings is 1. The van der Waals surface area contributed by atoms with E-state index in [1.54, 1.807) is 46.7 Å². The lowest BCUT2D eigenvalue weighted by Crippen LogP contribution is -2.58. The summed E-state index contributed by atoms with van der Waals surface area (Å²) in [6.45, 7) is 4.94. The van der Waals surface area contributed by atoms with Crippen LogP contribution < -0.4 is 15.2 Å². The van der Waals surface area contributed by atoms with Gasteiger partial charge in [0.05, 0.1) is 25.3 Å². The summed E-state index contributed by atoms with van der Waals surface area (Å²) >= 11 is 0. The molecule has 3 aliphatic rings. The fraction of sp³-hybridized carbons (Fsp3) is 0.440. The number of rotatable bonds is 4. The molecule has 0 bridgehead atoms. The van der Waals surface area contributed by atoms with Crippen LogP contribution in [0.4, 0.5) is 5.69 Å². The van der Waals surface area contributed by atoms with E-state index in [1.807, 2.05) is 6.92 Å². The Balaban J connectivity index is 1.85. The monoisotopic (exact) mass is 465 g/mol. The molecule has 1 fully saturated rings. The van der Waals surface area contributed by atoms with Gasteiger partial charge in [-0.1, -0.05) is 18.2 Å². The first-order valence-electron chi connectivity index (χ1n) is 11.5. The minimum Gasteiger partial charge on any atom is -0.468 e. The average Bonchev–Trinajstić information content (AvgIpc) is 3.41. The lowest BCUT2D eigenvalue weighted by atomic mass is 9.64. The Morgan fingerprint density at radius 2 is 2.06 bits per heavy atom. The average molecular weight is 466 g/mol. The normalized spacial score (nSPS) is 25.3. The summed E-state index contributed by atoms with van der Waals surface area (Å²) < 4.78 is 18.1. The van der Waals surface area contributed by atoms with Crippen molar-refractivity contribution < 1.29 is 23.8 Å². The van der Waals surface area contributed by atoms with Crippen LogP contribution in [0.1, 0.15) is 36.6 Å². The van der Waals surface area contributed by atoms with Gasteiger partial charge < -0.3 is 23.7 Å². The summed E-state index contributed by atoms with van der Waals surface area (Å²) in [6, 6.07) is 8.76. The molecule has 1 aromatic heterocycles. The molecule has 178 valence electrons. The van der Waals surface area contributed by atoms with Gasteiger partial charge in [0.25, 0.3) is 5.56 Å². The van der Waals surface area contributed by atoms with E-state index in [1.165, 1.54) is 7.11 Å². The summed E-state index contributed by atoms with van der Waals surface area (Å²) in [7, 11) is 1.20. The Labute approximate surface area is 196 Å². The lowest BCUT2D eigenvalue weighted by molar-refractivity contribution is -0.147. The highest BCUT2D eigenvalue weighted by Gasteiger charge is 2.65. The number of anilines is 1. The number of nitrogens with zero attached hydrogens (tertiary/aromatic N) is 2. The Hall–Kier alpha value is -3.46. The van der Waals surface area contributed by atoms with E-state index in [-0.39, 0.29) is 17.4 Å². The van der Waals surface area contributed by atoms with E-state index in [9.17, 15) is 14.4 Å². The van der Waals surface area contributed by atoms with Gasteiger partial charge in [-0.15, -0.1) is 0 Å². The molecule has 1 saturated heterocycles. The molecule has 3 unspecified atom stereocenters. The number of carbonyl (C=O) groups is 2. The number of aromatic nitrogens is 1. The molecule has 34 heavy (non-hydrogen) atoms. The number of carbonyl (C=O) groups excluding carboxylic acids is 2. The molecule has 0 radical (unpaired) electrons. The summed E-state index contributed by atoms with van der Waals surface area (Å²) in [5.41, 5.74) is -0.381. The number of esters is 1. The van der Waals surface area contributed by atoms with E-state index >= 15 is 0 Å². The second-order valence-electron chi connectivity index (χ2n) is 8.87. The van der Waals surface area contributed by atoms with Gasteiger partial charge in [0, 0.05) is 30.6 Å². The number of ether oxygens (including phenoxy) is 3. The van der Waals surface area contributed by atoms with Gasteiger partial charge in [-0.2, -0.15) is 0 Å². The Morgan fingerprint density at radius 1 is 1.29 bits per heavy atom. The molecule has 0 saturated carbocycles. The number of hydrogen-bond acceptors (Lipinski definition) is 7. The number of nitrogens with one attached hydrogen (secondary N) is 1. The van der Waals surface area contributed by atoms with Crippen LogP contribution in [0.2, 0.25) is 0 Å². The molecular formula is C25H27N3O6. The Kier molecular flexibility index (Phi) is 5.31. The summed E-state index contributed by atoms with van der Waals surface area (Å²) in [4.78, 5) is 43.0. The van der Waals surface area contributed by atoms with Crippen molar-refractivity contribution in [1.29, 1.82) is 5.41 Å². The third-order valence-electron chi connectivity index (χ3n) is 7.15. The molecule has 4 heterocycles. The van der Waals surface area contributed by atoms with E-state index in [2.05, 4.69) is 0 Å². The number of benzene rings is 1. The van der Waals surface area contributed by atoms with Crippen molar-refractivity contribution in [3.05, 3.63) is 57.5 Å². The number of hydrogen-bond donors (Lipinski definition) is 1. The zero-order chi connectivity index (χ0) is 24.2. The largest absolute Gasteiger partial charge is 0.468 e. The zero-order valence-corrected chi connectivity index (χ0v) is 19.4. The summed E-state index contributed by atoms with van der Waals surface area (Å²) in [5.74, 6) is -2.97. The van der Waals surface area contributed by atoms with Crippen LogP contribution in [0.15, 0.2) is 35.1 Å². The predicted molar refractivity (Wildman–Crippen MR) is 124 cm³/mol. The molecule has 3 aliphatic heterocycles. The molecule has 0 aliphatic carbocycles. The van der Waals surface area contributed by atoms with Crippen LogP contribution in [0.5, 0.6) is 5.75 Å². The number of aryl methyl sites for hydroxylation is 1. The highest BCUT2D eigenvalue weighted by Crippen LogP contribution is 2.54. The van der Waals surface area contributed by atoms with Crippen molar-refractivity contribution >= 4 is 23.5 Å². The SMILES string of the molecule is CCN1C(=O)C2(c3ccccc31)c1c(cc(C)n(CC3CCCO3)c1=O)OC(=N)C2C(=O)OC. The quantitative estimate of drug-likeness (QED) is 0.693. The first kappa shape index (κ1) is 22.3. The van der Waals surface area contributed by atoms with Gasteiger partial charge in [0.2, 0.25) is 11.8 Å². The zero-order valence-electron chi connectivity index (χ0n) is 19.4. The van der Waals surface area contributed by atoms with Crippen LogP contribution >= 0.6 is 0 Å². The molecule has 1 amide bonds. The van der Waals surface area contributed by atoms with E-state index in [0.717, 1.165) is 12.8 Å². The lowest BCUT2D eigenvalue weighted by Gasteiger charge is -2.39. The first-order chi connectivity index (χ1) is 16.4. The Bertz CT molecular complexity index is 1260. The van der Waals surface area contributed by atoms with Crippen molar-refractivity contribution in [3.63, 3.8) is 0 Å². The first-order valence-corrected chi connectivity index (χ1v) is 11.5. The number of amides is 1. The second-order valence-corrected chi connectivity index (χ2v) is 8.87. The maximum absolute atomic E-state index is 14.2. The maximum Gasteiger partial charge on any atom is 0.319 e. The molecule has 1 spiro atoms. The van der Waals surface area contributed by atoms with Crippen LogP contribution in [0.25, 0.3) is 0 Å². The van der Waals surface area contributed by atoms with Crippen molar-refractivity contribution in [3.8, 4) is 5.75 Å². The smallest absolute Gasteiger partial charge is 0.319 e. The summed E-state index contributed by atoms with van der Waals surface area (Å²) in [5, 5.41) is 8.61. The van der Waals surface area contributed by atoms with Gasteiger partial charge in [0.15, 0.2) is 5.92 Å². The number of methoxy groups -OCH3 is 1. The van der Waals surface area contributed by atoms with Gasteiger partial charge in [-0.3, -0.25) is 19.8 Å². The van der Waals surface area contributed by atoms with E-state index < -0.39 is 34.7 Å². The van der Waals surface area contributed by atoms with Crippen LogP contribution in [-0.2, 0) is 31.0 Å². The second kappa shape index (κ2) is 8.09. The molecular weight excluding hydrogens is 438 g/mol. The minimum absolute atomic E-state index is 0.0656. The van der Waals surface area contributed by atoms with Crippen molar-refractivity contribution in [1.82, 2.24) is 4.57 Å². The van der Waals surface area contributed by atoms with Gasteiger partial charge >= 0.3 is 5.97 Å². The molecule has 1 N–H and O–H groups in total. The van der Waals surface area contributed by atoms with Crippen molar-refractivity contribution in [2.24, 2.45) is 5.92 Å². The van der Waals surface area contributed by atoms with Gasteiger partial charge in [-0.25, -0.2) is 0 Å². The van der Waals surface area contributed by atoms with E-state index in [4.69, 9.17) is 19.6 Å². The van der Waals surface area contributed by atoms with Gasteiger partial charge in [-0.05, 0) is 38.3 Å². The molecule has 5 rings (SSSR count). The highest BCUT2D eigenvalue weighted by molar-refractivity contribution is 6.18. The third-order valence-corrected chi connectivity index (χ3v) is 7.15. The fourth-order valence-corrected chi connectivity index (χ4v) is 5.64. The molecule has 1 aromatic carbocycles.